The standard InChI is InChI=1S/C15H21N3/c1-4-13-6-8-15(9-7-13)16-10-14-11-18(5-2)17-12(14)3/h6-9,11,16H,4-5,10H2,1-3H3. The number of rotatable bonds is 5. The minimum Gasteiger partial charge on any atom is -0.381 e. The maximum atomic E-state index is 4.45. The van der Waals surface area contributed by atoms with Crippen molar-refractivity contribution in [2.24, 2.45) is 0 Å². The molecule has 0 unspecified atom stereocenters. The monoisotopic (exact) mass is 243 g/mol. The van der Waals surface area contributed by atoms with Crippen LogP contribution in [0.4, 0.5) is 5.69 Å². The molecule has 0 bridgehead atoms. The molecule has 0 atom stereocenters. The van der Waals surface area contributed by atoms with Gasteiger partial charge in [-0.25, -0.2) is 0 Å². The average molecular weight is 243 g/mol. The van der Waals surface area contributed by atoms with Gasteiger partial charge in [-0.3, -0.25) is 4.68 Å². The zero-order valence-corrected chi connectivity index (χ0v) is 11.4. The van der Waals surface area contributed by atoms with Crippen LogP contribution in [0.1, 0.15) is 30.7 Å². The Morgan fingerprint density at radius 2 is 1.89 bits per heavy atom. The topological polar surface area (TPSA) is 29.9 Å². The maximum Gasteiger partial charge on any atom is 0.0643 e. The number of benzene rings is 1. The summed E-state index contributed by atoms with van der Waals surface area (Å²) in [5.74, 6) is 0. The van der Waals surface area contributed by atoms with Crippen LogP contribution in [0, 0.1) is 6.92 Å². The molecule has 2 rings (SSSR count). The molecule has 1 aromatic carbocycles. The van der Waals surface area contributed by atoms with E-state index >= 15 is 0 Å². The third-order valence-corrected chi connectivity index (χ3v) is 3.22. The van der Waals surface area contributed by atoms with Gasteiger partial charge in [-0.05, 0) is 38.0 Å². The Hall–Kier alpha value is -1.77. The zero-order valence-electron chi connectivity index (χ0n) is 11.4. The molecule has 0 radical (unpaired) electrons. The third kappa shape index (κ3) is 2.92. The molecular weight excluding hydrogens is 222 g/mol. The van der Waals surface area contributed by atoms with E-state index in [0.717, 1.165) is 30.9 Å². The molecule has 1 aromatic heterocycles. The SMILES string of the molecule is CCc1ccc(NCc2cn(CC)nc2C)cc1. The molecule has 1 N–H and O–H groups in total. The van der Waals surface area contributed by atoms with E-state index in [1.54, 1.807) is 0 Å². The molecule has 0 saturated heterocycles. The number of nitrogens with one attached hydrogen (secondary N) is 1. The smallest absolute Gasteiger partial charge is 0.0643 e. The first-order valence-corrected chi connectivity index (χ1v) is 6.58. The van der Waals surface area contributed by atoms with E-state index in [0.29, 0.717) is 0 Å². The van der Waals surface area contributed by atoms with E-state index in [-0.39, 0.29) is 0 Å². The van der Waals surface area contributed by atoms with Gasteiger partial charge in [0.25, 0.3) is 0 Å². The van der Waals surface area contributed by atoms with Gasteiger partial charge in [0.15, 0.2) is 0 Å². The lowest BCUT2D eigenvalue weighted by Crippen LogP contribution is -1.99. The van der Waals surface area contributed by atoms with E-state index in [2.05, 4.69) is 61.6 Å². The molecule has 0 aliphatic carbocycles. The number of anilines is 1. The second-order valence-corrected chi connectivity index (χ2v) is 4.50. The fourth-order valence-corrected chi connectivity index (χ4v) is 1.95. The molecule has 2 aromatic rings. The second kappa shape index (κ2) is 5.71. The summed E-state index contributed by atoms with van der Waals surface area (Å²) in [6, 6.07) is 8.62. The number of nitrogens with zero attached hydrogens (tertiary/aromatic N) is 2. The Balaban J connectivity index is 1.99. The fourth-order valence-electron chi connectivity index (χ4n) is 1.95. The number of aryl methyl sites for hydroxylation is 3. The minimum atomic E-state index is 0.831. The van der Waals surface area contributed by atoms with E-state index in [9.17, 15) is 0 Å². The highest BCUT2D eigenvalue weighted by Gasteiger charge is 2.03. The predicted molar refractivity (Wildman–Crippen MR) is 75.8 cm³/mol. The van der Waals surface area contributed by atoms with Crippen molar-refractivity contribution in [3.63, 3.8) is 0 Å². The highest BCUT2D eigenvalue weighted by Crippen LogP contribution is 2.13. The van der Waals surface area contributed by atoms with Gasteiger partial charge in [0.2, 0.25) is 0 Å². The van der Waals surface area contributed by atoms with Crippen LogP contribution >= 0.6 is 0 Å². The van der Waals surface area contributed by atoms with E-state index < -0.39 is 0 Å². The largest absolute Gasteiger partial charge is 0.381 e. The highest BCUT2D eigenvalue weighted by atomic mass is 15.3. The summed E-state index contributed by atoms with van der Waals surface area (Å²) < 4.78 is 1.98. The van der Waals surface area contributed by atoms with Crippen molar-refractivity contribution in [2.45, 2.75) is 40.3 Å². The normalized spacial score (nSPS) is 10.6. The summed E-state index contributed by atoms with van der Waals surface area (Å²) in [6.45, 7) is 8.09. The van der Waals surface area contributed by atoms with Crippen LogP contribution in [0.3, 0.4) is 0 Å². The van der Waals surface area contributed by atoms with Crippen molar-refractivity contribution < 1.29 is 0 Å². The molecule has 0 amide bonds. The maximum absolute atomic E-state index is 4.45. The van der Waals surface area contributed by atoms with Crippen LogP contribution in [0.2, 0.25) is 0 Å². The summed E-state index contributed by atoms with van der Waals surface area (Å²) >= 11 is 0. The lowest BCUT2D eigenvalue weighted by molar-refractivity contribution is 0.653. The zero-order chi connectivity index (χ0) is 13.0. The van der Waals surface area contributed by atoms with Gasteiger partial charge < -0.3 is 5.32 Å². The Bertz CT molecular complexity index is 497. The first-order chi connectivity index (χ1) is 8.72. The van der Waals surface area contributed by atoms with Crippen LogP contribution in [0.15, 0.2) is 30.5 Å². The third-order valence-electron chi connectivity index (χ3n) is 3.22. The molecule has 0 aliphatic rings. The summed E-state index contributed by atoms with van der Waals surface area (Å²) in [4.78, 5) is 0. The second-order valence-electron chi connectivity index (χ2n) is 4.50. The summed E-state index contributed by atoms with van der Waals surface area (Å²) in [5, 5.41) is 7.88. The molecule has 0 aliphatic heterocycles. The number of aromatic nitrogens is 2. The molecule has 3 heteroatoms. The Morgan fingerprint density at radius 3 is 2.44 bits per heavy atom. The lowest BCUT2D eigenvalue weighted by atomic mass is 10.1. The van der Waals surface area contributed by atoms with E-state index in [4.69, 9.17) is 0 Å². The number of hydrogen-bond acceptors (Lipinski definition) is 2. The Labute approximate surface area is 109 Å². The van der Waals surface area contributed by atoms with Gasteiger partial charge in [0.1, 0.15) is 0 Å². The molecule has 0 saturated carbocycles. The van der Waals surface area contributed by atoms with Gasteiger partial charge in [-0.2, -0.15) is 5.10 Å². The number of hydrogen-bond donors (Lipinski definition) is 1. The van der Waals surface area contributed by atoms with Crippen molar-refractivity contribution in [3.05, 3.63) is 47.3 Å². The van der Waals surface area contributed by atoms with Crippen LogP contribution in [-0.4, -0.2) is 9.78 Å². The molecule has 3 nitrogen and oxygen atoms in total. The van der Waals surface area contributed by atoms with Crippen LogP contribution in [0.25, 0.3) is 0 Å². The van der Waals surface area contributed by atoms with Crippen molar-refractivity contribution in [1.29, 1.82) is 0 Å². The van der Waals surface area contributed by atoms with Crippen LogP contribution in [-0.2, 0) is 19.5 Å². The fraction of sp³-hybridized carbons (Fsp3) is 0.400. The first kappa shape index (κ1) is 12.7. The first-order valence-electron chi connectivity index (χ1n) is 6.58. The molecule has 18 heavy (non-hydrogen) atoms. The van der Waals surface area contributed by atoms with Gasteiger partial charge >= 0.3 is 0 Å². The van der Waals surface area contributed by atoms with Gasteiger partial charge in [0, 0.05) is 30.5 Å². The molecule has 96 valence electrons. The summed E-state index contributed by atoms with van der Waals surface area (Å²) in [7, 11) is 0. The highest BCUT2D eigenvalue weighted by molar-refractivity contribution is 5.45. The predicted octanol–water partition coefficient (Wildman–Crippen LogP) is 3.39. The van der Waals surface area contributed by atoms with Gasteiger partial charge in [-0.15, -0.1) is 0 Å². The van der Waals surface area contributed by atoms with Crippen LogP contribution in [0.5, 0.6) is 0 Å². The summed E-state index contributed by atoms with van der Waals surface area (Å²) in [5.41, 5.74) is 4.90. The van der Waals surface area contributed by atoms with Crippen molar-refractivity contribution in [1.82, 2.24) is 9.78 Å². The molecule has 1 heterocycles. The van der Waals surface area contributed by atoms with Crippen molar-refractivity contribution in [3.8, 4) is 0 Å². The lowest BCUT2D eigenvalue weighted by Gasteiger charge is -2.06. The van der Waals surface area contributed by atoms with Crippen molar-refractivity contribution >= 4 is 5.69 Å². The van der Waals surface area contributed by atoms with E-state index in [1.165, 1.54) is 11.1 Å². The Morgan fingerprint density at radius 1 is 1.17 bits per heavy atom. The minimum absolute atomic E-state index is 0.831. The molecule has 0 fully saturated rings. The average Bonchev–Trinajstić information content (AvgIpc) is 2.77. The quantitative estimate of drug-likeness (QED) is 0.872. The summed E-state index contributed by atoms with van der Waals surface area (Å²) in [6.07, 6.45) is 3.20. The van der Waals surface area contributed by atoms with E-state index in [1.807, 2.05) is 4.68 Å². The van der Waals surface area contributed by atoms with Gasteiger partial charge in [0.05, 0.1) is 5.69 Å². The van der Waals surface area contributed by atoms with Crippen molar-refractivity contribution in [2.75, 3.05) is 5.32 Å². The molecular formula is C15H21N3. The van der Waals surface area contributed by atoms with Crippen LogP contribution < -0.4 is 5.32 Å². The Kier molecular flexibility index (Phi) is 4.03. The molecule has 0 spiro atoms. The van der Waals surface area contributed by atoms with Gasteiger partial charge in [-0.1, -0.05) is 19.1 Å².